The lowest BCUT2D eigenvalue weighted by Gasteiger charge is -2.42. The highest BCUT2D eigenvalue weighted by Gasteiger charge is 2.38. The van der Waals surface area contributed by atoms with Crippen LogP contribution in [-0.4, -0.2) is 60.6 Å². The highest BCUT2D eigenvalue weighted by atomic mass is 32.1. The number of carbonyl (C=O) groups is 2. The number of para-hydroxylation sites is 1. The molecular formula is C29H37N5O3S. The van der Waals surface area contributed by atoms with E-state index in [0.29, 0.717) is 38.3 Å². The maximum absolute atomic E-state index is 13.3. The first kappa shape index (κ1) is 27.6. The van der Waals surface area contributed by atoms with Crippen LogP contribution in [0, 0.1) is 6.92 Å². The summed E-state index contributed by atoms with van der Waals surface area (Å²) in [7, 11) is 1.67. The maximum Gasteiger partial charge on any atom is 0.322 e. The van der Waals surface area contributed by atoms with Crippen molar-refractivity contribution in [3.63, 3.8) is 0 Å². The number of piperidine rings is 1. The molecule has 0 aliphatic carbocycles. The molecule has 1 aliphatic heterocycles. The summed E-state index contributed by atoms with van der Waals surface area (Å²) in [5, 5.41) is 5.86. The van der Waals surface area contributed by atoms with E-state index in [1.807, 2.05) is 42.5 Å². The van der Waals surface area contributed by atoms with Crippen molar-refractivity contribution in [1.29, 1.82) is 0 Å². The minimum absolute atomic E-state index is 0.109. The SMILES string of the molecule is COc1cccc(CN(Cc2ccc(C)s2)C2CCN(C(=O)Nc3ccccc3)[C@@H](C(=O)NCCN)C2)c1. The number of amides is 3. The second kappa shape index (κ2) is 13.4. The molecule has 1 fully saturated rings. The van der Waals surface area contributed by atoms with Crippen LogP contribution in [0.4, 0.5) is 10.5 Å². The smallest absolute Gasteiger partial charge is 0.322 e. The van der Waals surface area contributed by atoms with Gasteiger partial charge in [-0.3, -0.25) is 9.69 Å². The van der Waals surface area contributed by atoms with E-state index in [-0.39, 0.29) is 18.0 Å². The minimum atomic E-state index is -0.595. The Bertz CT molecular complexity index is 1200. The molecule has 3 aromatic rings. The number of hydrogen-bond acceptors (Lipinski definition) is 6. The zero-order valence-corrected chi connectivity index (χ0v) is 22.9. The quantitative estimate of drug-likeness (QED) is 0.361. The molecule has 9 heteroatoms. The van der Waals surface area contributed by atoms with Gasteiger partial charge < -0.3 is 26.0 Å². The van der Waals surface area contributed by atoms with Crippen LogP contribution in [0.25, 0.3) is 0 Å². The molecule has 4 rings (SSSR count). The number of nitrogens with one attached hydrogen (secondary N) is 2. The van der Waals surface area contributed by atoms with E-state index in [1.165, 1.54) is 9.75 Å². The fraction of sp³-hybridized carbons (Fsp3) is 0.379. The van der Waals surface area contributed by atoms with Gasteiger partial charge in [0, 0.05) is 54.2 Å². The van der Waals surface area contributed by atoms with Crippen LogP contribution in [0.2, 0.25) is 0 Å². The molecule has 1 saturated heterocycles. The predicted octanol–water partition coefficient (Wildman–Crippen LogP) is 4.21. The lowest BCUT2D eigenvalue weighted by Crippen LogP contribution is -2.58. The Morgan fingerprint density at radius 3 is 2.63 bits per heavy atom. The molecular weight excluding hydrogens is 498 g/mol. The Morgan fingerprint density at radius 1 is 1.11 bits per heavy atom. The number of aryl methyl sites for hydroxylation is 1. The molecule has 0 bridgehead atoms. The topological polar surface area (TPSA) is 99.9 Å². The van der Waals surface area contributed by atoms with Gasteiger partial charge in [0.05, 0.1) is 7.11 Å². The second-order valence-electron chi connectivity index (χ2n) is 9.53. The molecule has 1 aromatic heterocycles. The molecule has 202 valence electrons. The van der Waals surface area contributed by atoms with Gasteiger partial charge >= 0.3 is 6.03 Å². The maximum atomic E-state index is 13.3. The highest BCUT2D eigenvalue weighted by molar-refractivity contribution is 7.11. The zero-order valence-electron chi connectivity index (χ0n) is 22.1. The van der Waals surface area contributed by atoms with Crippen LogP contribution in [0.5, 0.6) is 5.75 Å². The summed E-state index contributed by atoms with van der Waals surface area (Å²) in [5.74, 6) is 0.650. The summed E-state index contributed by atoms with van der Waals surface area (Å²) in [6.07, 6.45) is 1.30. The van der Waals surface area contributed by atoms with E-state index in [1.54, 1.807) is 23.3 Å². The van der Waals surface area contributed by atoms with Crippen molar-refractivity contribution in [2.24, 2.45) is 5.73 Å². The molecule has 0 spiro atoms. The van der Waals surface area contributed by atoms with Gasteiger partial charge in [-0.2, -0.15) is 0 Å². The van der Waals surface area contributed by atoms with Crippen LogP contribution in [0.1, 0.15) is 28.2 Å². The molecule has 1 aliphatic rings. The third-order valence-electron chi connectivity index (χ3n) is 6.80. The van der Waals surface area contributed by atoms with Gasteiger partial charge in [0.1, 0.15) is 11.8 Å². The number of nitrogens with zero attached hydrogens (tertiary/aromatic N) is 2. The van der Waals surface area contributed by atoms with E-state index >= 15 is 0 Å². The largest absolute Gasteiger partial charge is 0.497 e. The van der Waals surface area contributed by atoms with Crippen molar-refractivity contribution < 1.29 is 14.3 Å². The molecule has 8 nitrogen and oxygen atoms in total. The van der Waals surface area contributed by atoms with E-state index in [2.05, 4.69) is 46.7 Å². The molecule has 4 N–H and O–H groups in total. The van der Waals surface area contributed by atoms with Crippen molar-refractivity contribution >= 4 is 29.0 Å². The van der Waals surface area contributed by atoms with E-state index < -0.39 is 6.04 Å². The van der Waals surface area contributed by atoms with Gasteiger partial charge in [0.2, 0.25) is 5.91 Å². The molecule has 0 saturated carbocycles. The van der Waals surface area contributed by atoms with Gasteiger partial charge in [-0.05, 0) is 61.7 Å². The summed E-state index contributed by atoms with van der Waals surface area (Å²) in [4.78, 5) is 33.2. The van der Waals surface area contributed by atoms with Crippen molar-refractivity contribution in [3.8, 4) is 5.75 Å². The van der Waals surface area contributed by atoms with Gasteiger partial charge in [0.15, 0.2) is 0 Å². The molecule has 2 aromatic carbocycles. The molecule has 1 unspecified atom stereocenters. The number of methoxy groups -OCH3 is 1. The Balaban J connectivity index is 1.56. The number of anilines is 1. The van der Waals surface area contributed by atoms with Gasteiger partial charge in [-0.25, -0.2) is 4.79 Å². The number of likely N-dealkylation sites (tertiary alicyclic amines) is 1. The highest BCUT2D eigenvalue weighted by Crippen LogP contribution is 2.28. The summed E-state index contributed by atoms with van der Waals surface area (Å²) >= 11 is 1.79. The Kier molecular flexibility index (Phi) is 9.75. The Labute approximate surface area is 228 Å². The van der Waals surface area contributed by atoms with E-state index in [0.717, 1.165) is 24.3 Å². The van der Waals surface area contributed by atoms with Crippen LogP contribution in [-0.2, 0) is 17.9 Å². The normalized spacial score (nSPS) is 17.3. The molecule has 2 atom stereocenters. The number of thiophene rings is 1. The fourth-order valence-electron chi connectivity index (χ4n) is 4.89. The summed E-state index contributed by atoms with van der Waals surface area (Å²) in [6.45, 7) is 4.79. The molecule has 3 amide bonds. The van der Waals surface area contributed by atoms with Crippen molar-refractivity contribution in [1.82, 2.24) is 15.1 Å². The van der Waals surface area contributed by atoms with Crippen LogP contribution < -0.4 is 21.1 Å². The third kappa shape index (κ3) is 7.34. The molecule has 2 heterocycles. The van der Waals surface area contributed by atoms with Crippen LogP contribution in [0.3, 0.4) is 0 Å². The minimum Gasteiger partial charge on any atom is -0.497 e. The number of rotatable bonds is 10. The first-order valence-corrected chi connectivity index (χ1v) is 13.8. The summed E-state index contributed by atoms with van der Waals surface area (Å²) < 4.78 is 5.45. The molecule has 0 radical (unpaired) electrons. The second-order valence-corrected chi connectivity index (χ2v) is 10.9. The fourth-order valence-corrected chi connectivity index (χ4v) is 5.81. The number of nitrogens with two attached hydrogens (primary N) is 1. The lowest BCUT2D eigenvalue weighted by molar-refractivity contribution is -0.127. The predicted molar refractivity (Wildman–Crippen MR) is 152 cm³/mol. The number of urea groups is 1. The Morgan fingerprint density at radius 2 is 1.92 bits per heavy atom. The van der Waals surface area contributed by atoms with Crippen molar-refractivity contribution in [2.75, 3.05) is 32.1 Å². The van der Waals surface area contributed by atoms with Crippen LogP contribution >= 0.6 is 11.3 Å². The third-order valence-corrected chi connectivity index (χ3v) is 7.78. The van der Waals surface area contributed by atoms with Gasteiger partial charge in [-0.15, -0.1) is 11.3 Å². The lowest BCUT2D eigenvalue weighted by atomic mass is 9.94. The van der Waals surface area contributed by atoms with Crippen molar-refractivity contribution in [2.45, 2.75) is 44.9 Å². The average Bonchev–Trinajstić information content (AvgIpc) is 3.36. The standard InChI is InChI=1S/C29H37N5O3S/c1-21-11-12-26(38-21)20-33(19-22-7-6-10-25(17-22)37-2)24-13-16-34(27(18-24)28(35)31-15-14-30)29(36)32-23-8-4-3-5-9-23/h3-12,17,24,27H,13-16,18-20,30H2,1-2H3,(H,31,35)(H,32,36)/t24?,27-/m1/s1. The zero-order chi connectivity index (χ0) is 26.9. The van der Waals surface area contributed by atoms with E-state index in [9.17, 15) is 9.59 Å². The van der Waals surface area contributed by atoms with Gasteiger partial charge in [-0.1, -0.05) is 30.3 Å². The first-order valence-electron chi connectivity index (χ1n) is 13.0. The van der Waals surface area contributed by atoms with Crippen LogP contribution in [0.15, 0.2) is 66.7 Å². The number of hydrogen-bond donors (Lipinski definition) is 3. The summed E-state index contributed by atoms with van der Waals surface area (Å²) in [5.41, 5.74) is 7.50. The molecule has 38 heavy (non-hydrogen) atoms. The number of benzene rings is 2. The summed E-state index contributed by atoms with van der Waals surface area (Å²) in [6, 6.07) is 21.0. The van der Waals surface area contributed by atoms with E-state index in [4.69, 9.17) is 10.5 Å². The average molecular weight is 536 g/mol. The number of ether oxygens (including phenoxy) is 1. The Hall–Kier alpha value is -3.40. The monoisotopic (exact) mass is 535 g/mol. The van der Waals surface area contributed by atoms with Gasteiger partial charge in [0.25, 0.3) is 0 Å². The first-order chi connectivity index (χ1) is 18.5. The van der Waals surface area contributed by atoms with Crippen molar-refractivity contribution in [3.05, 3.63) is 82.0 Å². The number of carbonyl (C=O) groups excluding carboxylic acids is 2.